The van der Waals surface area contributed by atoms with Gasteiger partial charge in [0.2, 0.25) is 10.0 Å². The summed E-state index contributed by atoms with van der Waals surface area (Å²) in [6, 6.07) is 12.7. The van der Waals surface area contributed by atoms with E-state index in [9.17, 15) is 21.6 Å². The first-order chi connectivity index (χ1) is 15.1. The average molecular weight is 475 g/mol. The molecule has 1 saturated carbocycles. The Balaban J connectivity index is 0.000000360. The molecular formula is C20H25F3N4O4S. The number of halogens is 3. The Morgan fingerprint density at radius 2 is 1.84 bits per heavy atom. The zero-order valence-corrected chi connectivity index (χ0v) is 18.0. The lowest BCUT2D eigenvalue weighted by molar-refractivity contribution is -0.192. The molecule has 8 nitrogen and oxygen atoms in total. The van der Waals surface area contributed by atoms with E-state index in [1.165, 1.54) is 11.3 Å². The van der Waals surface area contributed by atoms with Crippen molar-refractivity contribution in [2.75, 3.05) is 13.1 Å². The average Bonchev–Trinajstić information content (AvgIpc) is 3.48. The van der Waals surface area contributed by atoms with Gasteiger partial charge < -0.3 is 5.11 Å². The number of nitrogens with zero attached hydrogens (tertiary/aromatic N) is 3. The summed E-state index contributed by atoms with van der Waals surface area (Å²) in [7, 11) is -3.11. The van der Waals surface area contributed by atoms with Crippen molar-refractivity contribution in [1.82, 2.24) is 19.4 Å². The van der Waals surface area contributed by atoms with E-state index >= 15 is 0 Å². The van der Waals surface area contributed by atoms with E-state index in [1.54, 1.807) is 0 Å². The summed E-state index contributed by atoms with van der Waals surface area (Å²) in [4.78, 5) is 11.3. The zero-order chi connectivity index (χ0) is 23.4. The molecule has 2 aliphatic rings. The monoisotopic (exact) mass is 474 g/mol. The minimum atomic E-state index is -5.08. The van der Waals surface area contributed by atoms with Gasteiger partial charge >= 0.3 is 12.1 Å². The number of rotatable bonds is 7. The summed E-state index contributed by atoms with van der Waals surface area (Å²) in [5.41, 5.74) is 2.49. The summed E-state index contributed by atoms with van der Waals surface area (Å²) in [5.74, 6) is -2.76. The van der Waals surface area contributed by atoms with E-state index in [-0.39, 0.29) is 11.3 Å². The molecule has 0 spiro atoms. The molecule has 2 heterocycles. The molecule has 0 radical (unpaired) electrons. The van der Waals surface area contributed by atoms with E-state index in [4.69, 9.17) is 9.90 Å². The molecule has 1 atom stereocenters. The SMILES string of the molecule is O=C(O)C(F)(F)F.O=S(=O)(NCCC1CN(Cc2ccccc2)Cc2ccnn21)C1CC1. The minimum Gasteiger partial charge on any atom is -0.475 e. The normalized spacial score (nSPS) is 19.0. The van der Waals surface area contributed by atoms with Gasteiger partial charge in [0.15, 0.2) is 0 Å². The summed E-state index contributed by atoms with van der Waals surface area (Å²) < 4.78 is 60.6. The van der Waals surface area contributed by atoms with Gasteiger partial charge in [0.25, 0.3) is 0 Å². The fraction of sp³-hybridized carbons (Fsp3) is 0.500. The number of hydrogen-bond acceptors (Lipinski definition) is 5. The van der Waals surface area contributed by atoms with Crippen LogP contribution in [0.15, 0.2) is 42.6 Å². The second kappa shape index (κ2) is 10.0. The van der Waals surface area contributed by atoms with Gasteiger partial charge in [-0.05, 0) is 30.9 Å². The number of nitrogens with one attached hydrogen (secondary N) is 1. The molecule has 12 heteroatoms. The molecule has 1 unspecified atom stereocenters. The highest BCUT2D eigenvalue weighted by molar-refractivity contribution is 7.90. The highest BCUT2D eigenvalue weighted by Gasteiger charge is 2.38. The number of sulfonamides is 1. The number of carbonyl (C=O) groups is 1. The van der Waals surface area contributed by atoms with Gasteiger partial charge in [0.1, 0.15) is 0 Å². The first kappa shape index (κ1) is 24.2. The topological polar surface area (TPSA) is 105 Å². The van der Waals surface area contributed by atoms with Crippen LogP contribution in [0.1, 0.15) is 36.6 Å². The van der Waals surface area contributed by atoms with E-state index in [0.717, 1.165) is 38.9 Å². The smallest absolute Gasteiger partial charge is 0.475 e. The van der Waals surface area contributed by atoms with Gasteiger partial charge in [-0.3, -0.25) is 9.58 Å². The maximum absolute atomic E-state index is 12.0. The third-order valence-corrected chi connectivity index (χ3v) is 7.14. The summed E-state index contributed by atoms with van der Waals surface area (Å²) in [5, 5.41) is 11.4. The van der Waals surface area contributed by atoms with Gasteiger partial charge in [0.05, 0.1) is 17.0 Å². The van der Waals surface area contributed by atoms with Crippen LogP contribution < -0.4 is 4.72 Å². The molecule has 2 N–H and O–H groups in total. The van der Waals surface area contributed by atoms with E-state index in [1.807, 2.05) is 12.3 Å². The Morgan fingerprint density at radius 1 is 1.19 bits per heavy atom. The standard InChI is InChI=1S/C18H24N4O2S.C2HF3O2/c23-25(24,18-6-7-18)20-11-9-17-14-21(12-15-4-2-1-3-5-15)13-16-8-10-19-22(16)17;3-2(4,5)1(6)7/h1-5,8,10,17-18,20H,6-7,9,11-14H2;(H,6,7). The first-order valence-electron chi connectivity index (χ1n) is 10.1. The highest BCUT2D eigenvalue weighted by atomic mass is 32.2. The third-order valence-electron chi connectivity index (χ3n) is 5.19. The lowest BCUT2D eigenvalue weighted by Gasteiger charge is -2.34. The van der Waals surface area contributed by atoms with Gasteiger partial charge in [-0.15, -0.1) is 0 Å². The largest absolute Gasteiger partial charge is 0.490 e. The Kier molecular flexibility index (Phi) is 7.57. The summed E-state index contributed by atoms with van der Waals surface area (Å²) >= 11 is 0. The zero-order valence-electron chi connectivity index (χ0n) is 17.2. The Labute approximate surface area is 184 Å². The Morgan fingerprint density at radius 3 is 2.44 bits per heavy atom. The fourth-order valence-electron chi connectivity index (χ4n) is 3.50. The number of aliphatic carboxylic acids is 1. The van der Waals surface area contributed by atoms with Crippen molar-refractivity contribution in [1.29, 1.82) is 0 Å². The molecule has 176 valence electrons. The molecule has 0 bridgehead atoms. The van der Waals surface area contributed by atoms with Crippen LogP contribution in [0.3, 0.4) is 0 Å². The number of alkyl halides is 3. The lowest BCUT2D eigenvalue weighted by Crippen LogP contribution is -2.39. The summed E-state index contributed by atoms with van der Waals surface area (Å²) in [6.45, 7) is 3.13. The van der Waals surface area contributed by atoms with Crippen LogP contribution in [0.25, 0.3) is 0 Å². The number of carboxylic acids is 1. The maximum atomic E-state index is 12.0. The van der Waals surface area contributed by atoms with Gasteiger partial charge in [-0.1, -0.05) is 30.3 Å². The van der Waals surface area contributed by atoms with E-state index < -0.39 is 22.2 Å². The van der Waals surface area contributed by atoms with Crippen molar-refractivity contribution in [3.8, 4) is 0 Å². The molecule has 2 aromatic rings. The van der Waals surface area contributed by atoms with Gasteiger partial charge in [0, 0.05) is 32.4 Å². The van der Waals surface area contributed by atoms with E-state index in [2.05, 4.69) is 49.7 Å². The molecule has 32 heavy (non-hydrogen) atoms. The van der Waals surface area contributed by atoms with Crippen LogP contribution in [0, 0.1) is 0 Å². The lowest BCUT2D eigenvalue weighted by atomic mass is 10.1. The van der Waals surface area contributed by atoms with Crippen molar-refractivity contribution >= 4 is 16.0 Å². The molecule has 0 saturated heterocycles. The van der Waals surface area contributed by atoms with Crippen LogP contribution in [0.4, 0.5) is 13.2 Å². The van der Waals surface area contributed by atoms with Crippen molar-refractivity contribution in [2.24, 2.45) is 0 Å². The molecular weight excluding hydrogens is 449 g/mol. The van der Waals surface area contributed by atoms with Crippen LogP contribution in [0.2, 0.25) is 0 Å². The number of hydrogen-bond donors (Lipinski definition) is 2. The predicted molar refractivity (Wildman–Crippen MR) is 110 cm³/mol. The predicted octanol–water partition coefficient (Wildman–Crippen LogP) is 2.55. The van der Waals surface area contributed by atoms with Gasteiger partial charge in [-0.25, -0.2) is 17.9 Å². The first-order valence-corrected chi connectivity index (χ1v) is 11.7. The second-order valence-electron chi connectivity index (χ2n) is 7.81. The molecule has 0 amide bonds. The Hall–Kier alpha value is -2.44. The number of fused-ring (bicyclic) bond motifs is 1. The van der Waals surface area contributed by atoms with Crippen LogP contribution in [0.5, 0.6) is 0 Å². The number of aromatic nitrogens is 2. The fourth-order valence-corrected chi connectivity index (χ4v) is 4.90. The van der Waals surface area contributed by atoms with E-state index in [0.29, 0.717) is 6.54 Å². The summed E-state index contributed by atoms with van der Waals surface area (Å²) in [6.07, 6.45) is -0.894. The van der Waals surface area contributed by atoms with Crippen molar-refractivity contribution < 1.29 is 31.5 Å². The molecule has 4 rings (SSSR count). The second-order valence-corrected chi connectivity index (χ2v) is 9.85. The minimum absolute atomic E-state index is 0.159. The highest BCUT2D eigenvalue weighted by Crippen LogP contribution is 2.28. The Bertz CT molecular complexity index is 1010. The maximum Gasteiger partial charge on any atom is 0.490 e. The molecule has 1 aliphatic carbocycles. The third kappa shape index (κ3) is 6.78. The van der Waals surface area contributed by atoms with Crippen molar-refractivity contribution in [3.63, 3.8) is 0 Å². The molecule has 1 aromatic heterocycles. The molecule has 1 fully saturated rings. The van der Waals surface area contributed by atoms with Gasteiger partial charge in [-0.2, -0.15) is 18.3 Å². The number of carboxylic acid groups (broad SMARTS) is 1. The van der Waals surface area contributed by atoms with Crippen LogP contribution >= 0.6 is 0 Å². The van der Waals surface area contributed by atoms with Crippen LogP contribution in [-0.2, 0) is 27.9 Å². The van der Waals surface area contributed by atoms with Crippen molar-refractivity contribution in [3.05, 3.63) is 53.9 Å². The van der Waals surface area contributed by atoms with Crippen molar-refractivity contribution in [2.45, 2.75) is 49.8 Å². The van der Waals surface area contributed by atoms with Crippen LogP contribution in [-0.4, -0.2) is 58.7 Å². The number of benzene rings is 1. The quantitative estimate of drug-likeness (QED) is 0.639. The molecule has 1 aromatic carbocycles. The molecule has 1 aliphatic heterocycles.